The van der Waals surface area contributed by atoms with Crippen molar-refractivity contribution in [1.29, 1.82) is 0 Å². The van der Waals surface area contributed by atoms with E-state index in [-0.39, 0.29) is 0 Å². The second kappa shape index (κ2) is 24.1. The van der Waals surface area contributed by atoms with E-state index in [9.17, 15) is 0 Å². The number of nitrogens with zero attached hydrogens (tertiary/aromatic N) is 4. The highest BCUT2D eigenvalue weighted by atomic mass is 16.5. The van der Waals surface area contributed by atoms with Crippen molar-refractivity contribution < 1.29 is 19.9 Å². The van der Waals surface area contributed by atoms with Gasteiger partial charge in [-0.2, -0.15) is 0 Å². The van der Waals surface area contributed by atoms with E-state index in [2.05, 4.69) is 34.0 Å². The van der Waals surface area contributed by atoms with Crippen molar-refractivity contribution in [3.05, 3.63) is 0 Å². The predicted molar refractivity (Wildman–Crippen MR) is 149 cm³/mol. The average molecular weight is 513 g/mol. The smallest absolute Gasteiger partial charge is 0.0596 e. The molecule has 0 amide bonds. The lowest BCUT2D eigenvalue weighted by Crippen LogP contribution is -2.34. The molecule has 0 bridgehead atoms. The first kappa shape index (κ1) is 32.8. The first-order chi connectivity index (χ1) is 17.7. The van der Waals surface area contributed by atoms with Gasteiger partial charge in [0.2, 0.25) is 0 Å². The Kier molecular flexibility index (Phi) is 22.0. The number of piperidine rings is 2. The molecule has 0 aromatic heterocycles. The van der Waals surface area contributed by atoms with Crippen LogP contribution in [0.4, 0.5) is 0 Å². The minimum absolute atomic E-state index is 0.905. The van der Waals surface area contributed by atoms with Crippen LogP contribution in [0.3, 0.4) is 0 Å². The molecule has 8 heteroatoms. The largest absolute Gasteiger partial charge is 0.411 e. The third kappa shape index (κ3) is 18.1. The SMILES string of the molecule is CCCOCCCCCCN1CCC(=NO)CC1.CCCOCCCCCCN1CCC(=NO)CC1. The highest BCUT2D eigenvalue weighted by Gasteiger charge is 2.15. The van der Waals surface area contributed by atoms with Gasteiger partial charge in [-0.05, 0) is 51.6 Å². The lowest BCUT2D eigenvalue weighted by molar-refractivity contribution is 0.130. The van der Waals surface area contributed by atoms with E-state index in [0.29, 0.717) is 0 Å². The monoisotopic (exact) mass is 512 g/mol. The zero-order valence-electron chi connectivity index (χ0n) is 23.5. The van der Waals surface area contributed by atoms with Crippen molar-refractivity contribution in [3.8, 4) is 0 Å². The number of oxime groups is 2. The maximum absolute atomic E-state index is 8.67. The molecule has 212 valence electrons. The Morgan fingerprint density at radius 1 is 0.556 bits per heavy atom. The van der Waals surface area contributed by atoms with Crippen molar-refractivity contribution in [1.82, 2.24) is 9.80 Å². The van der Waals surface area contributed by atoms with Gasteiger partial charge in [0.1, 0.15) is 0 Å². The topological polar surface area (TPSA) is 90.1 Å². The predicted octanol–water partition coefficient (Wildman–Crippen LogP) is 5.80. The van der Waals surface area contributed by atoms with Gasteiger partial charge in [0.05, 0.1) is 11.4 Å². The van der Waals surface area contributed by atoms with Crippen LogP contribution in [-0.4, -0.2) is 97.3 Å². The summed E-state index contributed by atoms with van der Waals surface area (Å²) in [5.41, 5.74) is 1.92. The molecule has 2 heterocycles. The molecule has 0 radical (unpaired) electrons. The van der Waals surface area contributed by atoms with Crippen molar-refractivity contribution in [2.45, 2.75) is 104 Å². The highest BCUT2D eigenvalue weighted by molar-refractivity contribution is 5.85. The molecule has 0 aliphatic carbocycles. The van der Waals surface area contributed by atoms with Crippen LogP contribution in [0.25, 0.3) is 0 Å². The Balaban J connectivity index is 0.000000360. The number of hydrogen-bond donors (Lipinski definition) is 2. The molecule has 8 nitrogen and oxygen atoms in total. The molecule has 36 heavy (non-hydrogen) atoms. The van der Waals surface area contributed by atoms with Gasteiger partial charge >= 0.3 is 0 Å². The molecule has 2 aliphatic rings. The van der Waals surface area contributed by atoms with Crippen LogP contribution >= 0.6 is 0 Å². The molecule has 0 aromatic rings. The number of rotatable bonds is 18. The second-order valence-electron chi connectivity index (χ2n) is 10.1. The minimum atomic E-state index is 0.905. The fourth-order valence-corrected chi connectivity index (χ4v) is 4.55. The van der Waals surface area contributed by atoms with Crippen LogP contribution in [0, 0.1) is 0 Å². The number of likely N-dealkylation sites (tertiary alicyclic amines) is 2. The van der Waals surface area contributed by atoms with Crippen molar-refractivity contribution >= 4 is 11.4 Å². The molecule has 0 saturated carbocycles. The Morgan fingerprint density at radius 2 is 0.917 bits per heavy atom. The van der Waals surface area contributed by atoms with Crippen LogP contribution in [0.1, 0.15) is 104 Å². The molecule has 2 rings (SSSR count). The van der Waals surface area contributed by atoms with Crippen molar-refractivity contribution in [3.63, 3.8) is 0 Å². The van der Waals surface area contributed by atoms with Gasteiger partial charge in [-0.25, -0.2) is 0 Å². The first-order valence-electron chi connectivity index (χ1n) is 14.7. The number of unbranched alkanes of at least 4 members (excludes halogenated alkanes) is 6. The van der Waals surface area contributed by atoms with Crippen LogP contribution in [0.2, 0.25) is 0 Å². The average Bonchev–Trinajstić information content (AvgIpc) is 2.92. The summed E-state index contributed by atoms with van der Waals surface area (Å²) < 4.78 is 10.9. The highest BCUT2D eigenvalue weighted by Crippen LogP contribution is 2.10. The lowest BCUT2D eigenvalue weighted by atomic mass is 10.1. The van der Waals surface area contributed by atoms with E-state index in [1.807, 2.05) is 0 Å². The van der Waals surface area contributed by atoms with Gasteiger partial charge in [-0.15, -0.1) is 0 Å². The van der Waals surface area contributed by atoms with Gasteiger partial charge < -0.3 is 29.7 Å². The summed E-state index contributed by atoms with van der Waals surface area (Å²) in [7, 11) is 0. The summed E-state index contributed by atoms with van der Waals surface area (Å²) in [4.78, 5) is 4.95. The summed E-state index contributed by atoms with van der Waals surface area (Å²) >= 11 is 0. The molecule has 2 N–H and O–H groups in total. The molecule has 0 aromatic carbocycles. The van der Waals surface area contributed by atoms with E-state index in [1.165, 1.54) is 64.5 Å². The Morgan fingerprint density at radius 3 is 1.25 bits per heavy atom. The van der Waals surface area contributed by atoms with E-state index in [4.69, 9.17) is 19.9 Å². The summed E-state index contributed by atoms with van der Waals surface area (Å²) in [6.45, 7) is 14.5. The Bertz CT molecular complexity index is 492. The van der Waals surface area contributed by atoms with E-state index in [0.717, 1.165) is 103 Å². The molecule has 0 atom stereocenters. The Labute approximate surface area is 221 Å². The normalized spacial score (nSPS) is 17.1. The van der Waals surface area contributed by atoms with E-state index in [1.54, 1.807) is 0 Å². The third-order valence-corrected chi connectivity index (χ3v) is 6.87. The second-order valence-corrected chi connectivity index (χ2v) is 10.1. The van der Waals surface area contributed by atoms with Crippen LogP contribution in [0.15, 0.2) is 10.3 Å². The fourth-order valence-electron chi connectivity index (χ4n) is 4.55. The van der Waals surface area contributed by atoms with Crippen LogP contribution in [-0.2, 0) is 9.47 Å². The van der Waals surface area contributed by atoms with Gasteiger partial charge in [0, 0.05) is 78.3 Å². The standard InChI is InChI=1S/2C14H28N2O2/c2*1-2-12-18-13-6-4-3-5-9-16-10-7-14(15-17)8-11-16/h2*17H,2-13H2,1H3. The number of ether oxygens (including phenoxy) is 2. The maximum Gasteiger partial charge on any atom is 0.0596 e. The minimum Gasteiger partial charge on any atom is -0.411 e. The van der Waals surface area contributed by atoms with Gasteiger partial charge in [0.25, 0.3) is 0 Å². The van der Waals surface area contributed by atoms with Crippen LogP contribution in [0.5, 0.6) is 0 Å². The summed E-state index contributed by atoms with van der Waals surface area (Å²) in [5, 5.41) is 23.9. The van der Waals surface area contributed by atoms with E-state index >= 15 is 0 Å². The molecular weight excluding hydrogens is 456 g/mol. The molecule has 2 saturated heterocycles. The van der Waals surface area contributed by atoms with E-state index < -0.39 is 0 Å². The summed E-state index contributed by atoms with van der Waals surface area (Å²) in [6.07, 6.45) is 16.1. The van der Waals surface area contributed by atoms with Gasteiger partial charge in [-0.1, -0.05) is 49.8 Å². The molecule has 2 aliphatic heterocycles. The molecule has 0 spiro atoms. The number of hydrogen-bond acceptors (Lipinski definition) is 8. The van der Waals surface area contributed by atoms with Crippen molar-refractivity contribution in [2.24, 2.45) is 10.3 Å². The quantitative estimate of drug-likeness (QED) is 0.137. The van der Waals surface area contributed by atoms with Gasteiger partial charge in [0.15, 0.2) is 0 Å². The lowest BCUT2D eigenvalue weighted by Gasteiger charge is -2.26. The first-order valence-corrected chi connectivity index (χ1v) is 14.7. The molecule has 0 unspecified atom stereocenters. The van der Waals surface area contributed by atoms with Gasteiger partial charge in [-0.3, -0.25) is 0 Å². The molecular formula is C28H56N4O4. The Hall–Kier alpha value is -1.22. The fraction of sp³-hybridized carbons (Fsp3) is 0.929. The van der Waals surface area contributed by atoms with Crippen LogP contribution < -0.4 is 0 Å². The van der Waals surface area contributed by atoms with Crippen molar-refractivity contribution in [2.75, 3.05) is 65.7 Å². The zero-order valence-corrected chi connectivity index (χ0v) is 23.5. The maximum atomic E-state index is 8.67. The summed E-state index contributed by atoms with van der Waals surface area (Å²) in [6, 6.07) is 0. The molecule has 2 fully saturated rings. The zero-order chi connectivity index (χ0) is 26.1. The summed E-state index contributed by atoms with van der Waals surface area (Å²) in [5.74, 6) is 0. The third-order valence-electron chi connectivity index (χ3n) is 6.87.